The Morgan fingerprint density at radius 1 is 1.12 bits per heavy atom. The number of anilines is 1. The molecule has 3 aromatic rings. The normalized spacial score (nSPS) is 16.3. The zero-order valence-electron chi connectivity index (χ0n) is 14.0. The fourth-order valence-corrected chi connectivity index (χ4v) is 4.73. The van der Waals surface area contributed by atoms with Crippen molar-refractivity contribution in [3.05, 3.63) is 46.7 Å². The number of nitrogens with zero attached hydrogens (tertiary/aromatic N) is 4. The minimum Gasteiger partial charge on any atom is -0.408 e. The number of oxazole rings is 1. The second-order valence-corrected chi connectivity index (χ2v) is 7.97. The fraction of sp³-hybridized carbons (Fsp3) is 0.312. The summed E-state index contributed by atoms with van der Waals surface area (Å²) in [5.74, 6) is -0.0123. The van der Waals surface area contributed by atoms with Gasteiger partial charge in [-0.1, -0.05) is 0 Å². The van der Waals surface area contributed by atoms with Crippen molar-refractivity contribution in [2.75, 3.05) is 31.1 Å². The number of hydrogen-bond donors (Lipinski definition) is 1. The molecule has 0 spiro atoms. The summed E-state index contributed by atoms with van der Waals surface area (Å²) in [6.45, 7) is 3.36. The molecule has 4 rings (SSSR count). The molecule has 10 heteroatoms. The highest BCUT2D eigenvalue weighted by molar-refractivity contribution is 7.89. The molecular weight excluding hydrogens is 358 g/mol. The molecule has 3 heterocycles. The monoisotopic (exact) mass is 375 g/mol. The maximum absolute atomic E-state index is 13.0. The van der Waals surface area contributed by atoms with Gasteiger partial charge in [-0.25, -0.2) is 23.2 Å². The highest BCUT2D eigenvalue weighted by Crippen LogP contribution is 2.25. The smallest absolute Gasteiger partial charge is 0.408 e. The van der Waals surface area contributed by atoms with Crippen molar-refractivity contribution in [1.82, 2.24) is 19.3 Å². The van der Waals surface area contributed by atoms with Crippen LogP contribution in [0.5, 0.6) is 0 Å². The topological polar surface area (TPSA) is 112 Å². The van der Waals surface area contributed by atoms with E-state index in [4.69, 9.17) is 4.42 Å². The Morgan fingerprint density at radius 3 is 2.50 bits per heavy atom. The average molecular weight is 375 g/mol. The Morgan fingerprint density at radius 2 is 1.81 bits per heavy atom. The summed E-state index contributed by atoms with van der Waals surface area (Å²) >= 11 is 0. The Bertz CT molecular complexity index is 1100. The van der Waals surface area contributed by atoms with E-state index in [2.05, 4.69) is 15.0 Å². The average Bonchev–Trinajstić information content (AvgIpc) is 3.00. The summed E-state index contributed by atoms with van der Waals surface area (Å²) in [5, 5.41) is 0. The molecule has 1 fully saturated rings. The van der Waals surface area contributed by atoms with Gasteiger partial charge in [0.05, 0.1) is 10.4 Å². The van der Waals surface area contributed by atoms with E-state index in [0.29, 0.717) is 43.2 Å². The zero-order valence-corrected chi connectivity index (χ0v) is 14.9. The van der Waals surface area contributed by atoms with Gasteiger partial charge in [0, 0.05) is 44.6 Å². The number of H-pyrrole nitrogens is 1. The highest BCUT2D eigenvalue weighted by Gasteiger charge is 2.31. The summed E-state index contributed by atoms with van der Waals surface area (Å²) in [7, 11) is -3.69. The zero-order chi connectivity index (χ0) is 18.3. The molecule has 1 saturated heterocycles. The third kappa shape index (κ3) is 2.86. The number of benzene rings is 1. The van der Waals surface area contributed by atoms with E-state index in [0.717, 1.165) is 0 Å². The van der Waals surface area contributed by atoms with Crippen molar-refractivity contribution < 1.29 is 12.8 Å². The predicted octanol–water partition coefficient (Wildman–Crippen LogP) is 0.730. The Labute approximate surface area is 149 Å². The molecule has 0 atom stereocenters. The molecule has 0 amide bonds. The van der Waals surface area contributed by atoms with Crippen LogP contribution < -0.4 is 10.7 Å². The minimum absolute atomic E-state index is 0.150. The van der Waals surface area contributed by atoms with Gasteiger partial charge >= 0.3 is 5.76 Å². The van der Waals surface area contributed by atoms with Gasteiger partial charge < -0.3 is 9.32 Å². The van der Waals surface area contributed by atoms with E-state index < -0.39 is 15.8 Å². The molecule has 1 aromatic carbocycles. The molecule has 1 N–H and O–H groups in total. The fourth-order valence-electron chi connectivity index (χ4n) is 3.09. The van der Waals surface area contributed by atoms with Crippen LogP contribution in [0.25, 0.3) is 11.1 Å². The molecule has 0 saturated carbocycles. The lowest BCUT2D eigenvalue weighted by Crippen LogP contribution is -2.49. The van der Waals surface area contributed by atoms with Crippen LogP contribution in [0, 0.1) is 6.92 Å². The lowest BCUT2D eigenvalue weighted by molar-refractivity contribution is 0.382. The van der Waals surface area contributed by atoms with Crippen molar-refractivity contribution in [3.63, 3.8) is 0 Å². The number of nitrogens with one attached hydrogen (secondary N) is 1. The van der Waals surface area contributed by atoms with E-state index in [1.165, 1.54) is 10.4 Å². The molecule has 0 bridgehead atoms. The number of aromatic amines is 1. The lowest BCUT2D eigenvalue weighted by Gasteiger charge is -2.34. The van der Waals surface area contributed by atoms with Gasteiger partial charge in [-0.15, -0.1) is 0 Å². The van der Waals surface area contributed by atoms with Crippen LogP contribution in [0.2, 0.25) is 0 Å². The number of aryl methyl sites for hydroxylation is 1. The number of piperazine rings is 1. The highest BCUT2D eigenvalue weighted by atomic mass is 32.2. The van der Waals surface area contributed by atoms with Gasteiger partial charge in [0.2, 0.25) is 16.0 Å². The standard InChI is InChI=1S/C16H17N5O4S/c1-11-9-12-13(25-16(22)19-12)10-14(11)26(23,24)21-7-5-20(6-8-21)15-17-3-2-4-18-15/h2-4,9-10H,5-8H2,1H3,(H,19,22). The van der Waals surface area contributed by atoms with Crippen LogP contribution in [0.15, 0.2) is 44.7 Å². The van der Waals surface area contributed by atoms with Crippen molar-refractivity contribution in [2.45, 2.75) is 11.8 Å². The first-order valence-corrected chi connectivity index (χ1v) is 9.55. The summed E-state index contributed by atoms with van der Waals surface area (Å²) in [5.41, 5.74) is 1.27. The second-order valence-electron chi connectivity index (χ2n) is 6.07. The molecule has 9 nitrogen and oxygen atoms in total. The molecular formula is C16H17N5O4S. The Hall–Kier alpha value is -2.72. The largest absolute Gasteiger partial charge is 0.417 e. The van der Waals surface area contributed by atoms with Gasteiger partial charge in [0.1, 0.15) is 0 Å². The van der Waals surface area contributed by atoms with Crippen LogP contribution >= 0.6 is 0 Å². The van der Waals surface area contributed by atoms with Gasteiger partial charge in [-0.3, -0.25) is 4.98 Å². The number of sulfonamides is 1. The van der Waals surface area contributed by atoms with E-state index in [9.17, 15) is 13.2 Å². The summed E-state index contributed by atoms with van der Waals surface area (Å²) in [6.07, 6.45) is 3.32. The molecule has 26 heavy (non-hydrogen) atoms. The first-order chi connectivity index (χ1) is 12.4. The molecule has 0 radical (unpaired) electrons. The lowest BCUT2D eigenvalue weighted by atomic mass is 10.2. The van der Waals surface area contributed by atoms with Gasteiger partial charge in [0.25, 0.3) is 0 Å². The SMILES string of the molecule is Cc1cc2[nH]c(=O)oc2cc1S(=O)(=O)N1CCN(c2ncccn2)CC1. The predicted molar refractivity (Wildman–Crippen MR) is 94.6 cm³/mol. The van der Waals surface area contributed by atoms with E-state index >= 15 is 0 Å². The molecule has 1 aliphatic rings. The number of fused-ring (bicyclic) bond motifs is 1. The Balaban J connectivity index is 1.60. The van der Waals surface area contributed by atoms with E-state index in [1.54, 1.807) is 31.5 Å². The van der Waals surface area contributed by atoms with Crippen molar-refractivity contribution in [3.8, 4) is 0 Å². The van der Waals surface area contributed by atoms with Crippen LogP contribution in [0.1, 0.15) is 5.56 Å². The molecule has 0 aliphatic carbocycles. The third-order valence-electron chi connectivity index (χ3n) is 4.41. The first kappa shape index (κ1) is 16.7. The number of hydrogen-bond acceptors (Lipinski definition) is 7. The second kappa shape index (κ2) is 6.22. The first-order valence-electron chi connectivity index (χ1n) is 8.11. The van der Waals surface area contributed by atoms with Crippen LogP contribution in [-0.2, 0) is 10.0 Å². The van der Waals surface area contributed by atoms with Crippen molar-refractivity contribution >= 4 is 27.1 Å². The third-order valence-corrected chi connectivity index (χ3v) is 6.45. The number of rotatable bonds is 3. The molecule has 2 aromatic heterocycles. The van der Waals surface area contributed by atoms with E-state index in [1.807, 2.05) is 4.90 Å². The van der Waals surface area contributed by atoms with Crippen LogP contribution in [-0.4, -0.2) is 53.9 Å². The maximum atomic E-state index is 13.0. The summed E-state index contributed by atoms with van der Waals surface area (Å²) < 4.78 is 32.5. The molecule has 1 aliphatic heterocycles. The minimum atomic E-state index is -3.69. The molecule has 0 unspecified atom stereocenters. The quantitative estimate of drug-likeness (QED) is 0.718. The molecule has 136 valence electrons. The van der Waals surface area contributed by atoms with Crippen molar-refractivity contribution in [1.29, 1.82) is 0 Å². The van der Waals surface area contributed by atoms with Gasteiger partial charge in [0.15, 0.2) is 5.58 Å². The summed E-state index contributed by atoms with van der Waals surface area (Å²) in [4.78, 5) is 24.4. The number of aromatic nitrogens is 3. The van der Waals surface area contributed by atoms with Crippen LogP contribution in [0.4, 0.5) is 5.95 Å². The van der Waals surface area contributed by atoms with Crippen LogP contribution in [0.3, 0.4) is 0 Å². The summed E-state index contributed by atoms with van der Waals surface area (Å²) in [6, 6.07) is 4.76. The van der Waals surface area contributed by atoms with Gasteiger partial charge in [-0.2, -0.15) is 4.31 Å². The van der Waals surface area contributed by atoms with E-state index in [-0.39, 0.29) is 10.5 Å². The maximum Gasteiger partial charge on any atom is 0.417 e. The Kier molecular flexibility index (Phi) is 4.00. The van der Waals surface area contributed by atoms with Crippen molar-refractivity contribution in [2.24, 2.45) is 0 Å². The van der Waals surface area contributed by atoms with Gasteiger partial charge in [-0.05, 0) is 24.6 Å².